The van der Waals surface area contributed by atoms with Gasteiger partial charge < -0.3 is 10.1 Å². The molecule has 1 aliphatic rings. The summed E-state index contributed by atoms with van der Waals surface area (Å²) in [4.78, 5) is 23.6. The van der Waals surface area contributed by atoms with E-state index in [0.717, 1.165) is 35.2 Å². The fraction of sp³-hybridized carbons (Fsp3) is 0.208. The van der Waals surface area contributed by atoms with E-state index in [9.17, 15) is 14.9 Å². The van der Waals surface area contributed by atoms with Gasteiger partial charge in [0.1, 0.15) is 5.69 Å². The third kappa shape index (κ3) is 4.33. The summed E-state index contributed by atoms with van der Waals surface area (Å²) >= 11 is 0. The molecule has 0 aromatic heterocycles. The van der Waals surface area contributed by atoms with Crippen LogP contribution in [0.15, 0.2) is 66.7 Å². The third-order valence-electron chi connectivity index (χ3n) is 5.29. The van der Waals surface area contributed by atoms with Crippen molar-refractivity contribution < 1.29 is 14.5 Å². The molecule has 6 heteroatoms. The van der Waals surface area contributed by atoms with Gasteiger partial charge in [-0.05, 0) is 66.1 Å². The van der Waals surface area contributed by atoms with Crippen LogP contribution in [0.2, 0.25) is 0 Å². The van der Waals surface area contributed by atoms with E-state index in [2.05, 4.69) is 5.32 Å². The lowest BCUT2D eigenvalue weighted by Crippen LogP contribution is -2.07. The lowest BCUT2D eigenvalue weighted by Gasteiger charge is -2.12. The van der Waals surface area contributed by atoms with Crippen LogP contribution in [0.4, 0.5) is 17.1 Å². The predicted octanol–water partition coefficient (Wildman–Crippen LogP) is 5.59. The second-order valence-electron chi connectivity index (χ2n) is 7.46. The van der Waals surface area contributed by atoms with Crippen LogP contribution in [0, 0.1) is 10.1 Å². The van der Waals surface area contributed by atoms with Crippen molar-refractivity contribution in [3.05, 3.63) is 99.1 Å². The van der Waals surface area contributed by atoms with E-state index in [4.69, 9.17) is 4.74 Å². The largest absolute Gasteiger partial charge is 0.465 e. The summed E-state index contributed by atoms with van der Waals surface area (Å²) in [6, 6.07) is 20.3. The van der Waals surface area contributed by atoms with Gasteiger partial charge in [0, 0.05) is 11.8 Å². The van der Waals surface area contributed by atoms with Crippen molar-refractivity contribution >= 4 is 23.0 Å². The number of hydrogen-bond donors (Lipinski definition) is 1. The molecule has 0 atom stereocenters. The minimum Gasteiger partial charge on any atom is -0.465 e. The molecule has 1 saturated carbocycles. The number of ether oxygens (including phenoxy) is 1. The van der Waals surface area contributed by atoms with E-state index in [1.54, 1.807) is 12.1 Å². The van der Waals surface area contributed by atoms with E-state index in [0.29, 0.717) is 23.6 Å². The zero-order chi connectivity index (χ0) is 21.1. The molecular formula is C24H22N2O4. The quantitative estimate of drug-likeness (QED) is 0.316. The lowest BCUT2D eigenvalue weighted by molar-refractivity contribution is -0.384. The Hall–Kier alpha value is -3.67. The first-order valence-electron chi connectivity index (χ1n) is 9.85. The maximum Gasteiger partial charge on any atom is 0.338 e. The van der Waals surface area contributed by atoms with Crippen molar-refractivity contribution in [2.75, 3.05) is 12.4 Å². The number of carbonyl (C=O) groups excluding carboxylic acids is 1. The molecule has 0 bridgehead atoms. The summed E-state index contributed by atoms with van der Waals surface area (Å²) in [5, 5.41) is 14.8. The number of nitro groups is 1. The van der Waals surface area contributed by atoms with Crippen LogP contribution in [-0.4, -0.2) is 18.0 Å². The molecule has 3 aromatic carbocycles. The first-order chi connectivity index (χ1) is 14.5. The van der Waals surface area contributed by atoms with Gasteiger partial charge in [0.2, 0.25) is 0 Å². The first kappa shape index (κ1) is 19.6. The second kappa shape index (κ2) is 8.37. The van der Waals surface area contributed by atoms with Crippen molar-refractivity contribution in [3.8, 4) is 0 Å². The molecule has 0 amide bonds. The highest BCUT2D eigenvalue weighted by Gasteiger charge is 2.25. The summed E-state index contributed by atoms with van der Waals surface area (Å²) in [5.41, 5.74) is 4.41. The average Bonchev–Trinajstić information content (AvgIpc) is 3.60. The molecule has 6 nitrogen and oxygen atoms in total. The Balaban J connectivity index is 1.64. The first-order valence-corrected chi connectivity index (χ1v) is 9.85. The number of methoxy groups -OCH3 is 1. The average molecular weight is 402 g/mol. The molecule has 0 heterocycles. The van der Waals surface area contributed by atoms with Gasteiger partial charge in [0.15, 0.2) is 0 Å². The van der Waals surface area contributed by atoms with Crippen molar-refractivity contribution in [2.45, 2.75) is 25.2 Å². The highest BCUT2D eigenvalue weighted by Crippen LogP contribution is 2.41. The summed E-state index contributed by atoms with van der Waals surface area (Å²) in [7, 11) is 1.37. The van der Waals surface area contributed by atoms with Crippen LogP contribution in [0.1, 0.15) is 45.8 Å². The normalized spacial score (nSPS) is 13.0. The number of nitro benzene ring substituents is 1. The number of para-hydroxylation sites is 1. The molecule has 0 saturated heterocycles. The van der Waals surface area contributed by atoms with Crippen LogP contribution in [0.25, 0.3) is 0 Å². The zero-order valence-electron chi connectivity index (χ0n) is 16.6. The van der Waals surface area contributed by atoms with E-state index in [1.807, 2.05) is 54.6 Å². The SMILES string of the molecule is COC(=O)c1cc(C2CC2)ccc1Cc1ccc(Nc2ccccc2)c([N+](=O)[O-])c1. The smallest absolute Gasteiger partial charge is 0.338 e. The van der Waals surface area contributed by atoms with Gasteiger partial charge >= 0.3 is 5.97 Å². The molecule has 1 aliphatic carbocycles. The molecular weight excluding hydrogens is 380 g/mol. The molecule has 0 spiro atoms. The summed E-state index contributed by atoms with van der Waals surface area (Å²) in [6.45, 7) is 0. The fourth-order valence-corrected chi connectivity index (χ4v) is 3.56. The Morgan fingerprint density at radius 3 is 2.53 bits per heavy atom. The van der Waals surface area contributed by atoms with Crippen molar-refractivity contribution in [3.63, 3.8) is 0 Å². The fourth-order valence-electron chi connectivity index (χ4n) is 3.56. The number of esters is 1. The Morgan fingerprint density at radius 1 is 1.10 bits per heavy atom. The highest BCUT2D eigenvalue weighted by atomic mass is 16.6. The molecule has 152 valence electrons. The minimum absolute atomic E-state index is 0.00873. The second-order valence-corrected chi connectivity index (χ2v) is 7.46. The van der Waals surface area contributed by atoms with Crippen LogP contribution in [0.5, 0.6) is 0 Å². The van der Waals surface area contributed by atoms with Crippen LogP contribution in [-0.2, 0) is 11.2 Å². The molecule has 1 N–H and O–H groups in total. The maximum atomic E-state index is 12.3. The van der Waals surface area contributed by atoms with Gasteiger partial charge in [0.05, 0.1) is 17.6 Å². The molecule has 0 aliphatic heterocycles. The van der Waals surface area contributed by atoms with Gasteiger partial charge in [-0.1, -0.05) is 36.4 Å². The van der Waals surface area contributed by atoms with Crippen molar-refractivity contribution in [2.24, 2.45) is 0 Å². The Labute approximate surface area is 174 Å². The predicted molar refractivity (Wildman–Crippen MR) is 115 cm³/mol. The number of rotatable bonds is 7. The van der Waals surface area contributed by atoms with Crippen LogP contribution < -0.4 is 5.32 Å². The standard InChI is InChI=1S/C24H22N2O4/c1-30-24(27)21-15-18(17-8-9-17)10-11-19(21)13-16-7-12-22(23(14-16)26(28)29)25-20-5-3-2-4-6-20/h2-7,10-12,14-15,17,25H,8-9,13H2,1H3. The highest BCUT2D eigenvalue weighted by molar-refractivity contribution is 5.91. The van der Waals surface area contributed by atoms with Gasteiger partial charge in [-0.15, -0.1) is 0 Å². The number of anilines is 2. The van der Waals surface area contributed by atoms with Crippen LogP contribution >= 0.6 is 0 Å². The number of hydrogen-bond acceptors (Lipinski definition) is 5. The van der Waals surface area contributed by atoms with Crippen molar-refractivity contribution in [1.82, 2.24) is 0 Å². The van der Waals surface area contributed by atoms with E-state index in [1.165, 1.54) is 7.11 Å². The lowest BCUT2D eigenvalue weighted by atomic mass is 9.96. The van der Waals surface area contributed by atoms with E-state index in [-0.39, 0.29) is 11.7 Å². The number of nitrogens with one attached hydrogen (secondary N) is 1. The number of carbonyl (C=O) groups is 1. The molecule has 0 radical (unpaired) electrons. The summed E-state index contributed by atoms with van der Waals surface area (Å²) in [5.74, 6) is 0.135. The molecule has 1 fully saturated rings. The monoisotopic (exact) mass is 402 g/mol. The van der Waals surface area contributed by atoms with Gasteiger partial charge in [-0.2, -0.15) is 0 Å². The van der Waals surface area contributed by atoms with E-state index < -0.39 is 4.92 Å². The third-order valence-corrected chi connectivity index (χ3v) is 5.29. The van der Waals surface area contributed by atoms with Crippen LogP contribution in [0.3, 0.4) is 0 Å². The maximum absolute atomic E-state index is 12.3. The summed E-state index contributed by atoms with van der Waals surface area (Å²) < 4.78 is 4.96. The summed E-state index contributed by atoms with van der Waals surface area (Å²) in [6.07, 6.45) is 2.69. The number of benzene rings is 3. The van der Waals surface area contributed by atoms with Gasteiger partial charge in [-0.3, -0.25) is 10.1 Å². The topological polar surface area (TPSA) is 81.5 Å². The Kier molecular flexibility index (Phi) is 5.48. The minimum atomic E-state index is -0.397. The Bertz CT molecular complexity index is 1090. The number of nitrogens with zero attached hydrogens (tertiary/aromatic N) is 1. The molecule has 4 rings (SSSR count). The molecule has 0 unspecified atom stereocenters. The zero-order valence-corrected chi connectivity index (χ0v) is 16.6. The van der Waals surface area contributed by atoms with Gasteiger partial charge in [0.25, 0.3) is 5.69 Å². The molecule has 3 aromatic rings. The molecule has 30 heavy (non-hydrogen) atoms. The Morgan fingerprint density at radius 2 is 1.87 bits per heavy atom. The van der Waals surface area contributed by atoms with E-state index >= 15 is 0 Å². The van der Waals surface area contributed by atoms with Crippen molar-refractivity contribution in [1.29, 1.82) is 0 Å². The van der Waals surface area contributed by atoms with Gasteiger partial charge in [-0.25, -0.2) is 4.79 Å².